The van der Waals surface area contributed by atoms with Gasteiger partial charge in [0.1, 0.15) is 11.0 Å². The van der Waals surface area contributed by atoms with E-state index in [1.54, 1.807) is 0 Å². The van der Waals surface area contributed by atoms with Crippen LogP contribution in [0.15, 0.2) is 52.5 Å². The minimum atomic E-state index is 0.810. The number of hydrogen-bond donors (Lipinski definition) is 0. The Morgan fingerprint density at radius 3 is 2.83 bits per heavy atom. The summed E-state index contributed by atoms with van der Waals surface area (Å²) in [6, 6.07) is 14.7. The topological polar surface area (TPSA) is 38.9 Å². The molecule has 0 amide bonds. The quantitative estimate of drug-likeness (QED) is 0.296. The Morgan fingerprint density at radius 1 is 0.957 bits per heavy atom. The van der Waals surface area contributed by atoms with Gasteiger partial charge in [-0.25, -0.2) is 4.63 Å². The van der Waals surface area contributed by atoms with Crippen LogP contribution in [-0.2, 0) is 11.5 Å². The van der Waals surface area contributed by atoms with E-state index in [1.165, 1.54) is 21.2 Å². The maximum atomic E-state index is 4.72. The van der Waals surface area contributed by atoms with Crippen molar-refractivity contribution in [1.82, 2.24) is 10.3 Å². The van der Waals surface area contributed by atoms with Crippen molar-refractivity contribution >= 4 is 63.9 Å². The van der Waals surface area contributed by atoms with E-state index in [-0.39, 0.29) is 0 Å². The molecular formula is C16H12N2OS4. The lowest BCUT2D eigenvalue weighted by atomic mass is 10.2. The van der Waals surface area contributed by atoms with Gasteiger partial charge < -0.3 is 0 Å². The molecule has 23 heavy (non-hydrogen) atoms. The lowest BCUT2D eigenvalue weighted by molar-refractivity contribution is 0.315. The Morgan fingerprint density at radius 2 is 1.83 bits per heavy atom. The van der Waals surface area contributed by atoms with Crippen LogP contribution in [0.25, 0.3) is 21.1 Å². The van der Waals surface area contributed by atoms with Crippen molar-refractivity contribution in [1.29, 1.82) is 0 Å². The summed E-state index contributed by atoms with van der Waals surface area (Å²) in [7, 11) is 5.58. The van der Waals surface area contributed by atoms with E-state index >= 15 is 0 Å². The molecule has 0 bridgehead atoms. The Hall–Kier alpha value is -1.15. The molecule has 3 nitrogen and oxygen atoms in total. The van der Waals surface area contributed by atoms with Crippen LogP contribution in [-0.4, -0.2) is 10.3 Å². The van der Waals surface area contributed by atoms with Crippen LogP contribution in [0.2, 0.25) is 0 Å². The van der Waals surface area contributed by atoms with Crippen LogP contribution < -0.4 is 0 Å². The zero-order valence-electron chi connectivity index (χ0n) is 12.0. The molecular weight excluding hydrogens is 364 g/mol. The van der Waals surface area contributed by atoms with E-state index in [9.17, 15) is 0 Å². The predicted octanol–water partition coefficient (Wildman–Crippen LogP) is 6.17. The Balaban J connectivity index is 1.28. The van der Waals surface area contributed by atoms with Crippen LogP contribution in [0.5, 0.6) is 0 Å². The van der Waals surface area contributed by atoms with Gasteiger partial charge in [0.25, 0.3) is 0 Å². The first-order chi connectivity index (χ1) is 11.4. The van der Waals surface area contributed by atoms with Gasteiger partial charge >= 0.3 is 0 Å². The number of hydrogen-bond acceptors (Lipinski definition) is 7. The summed E-state index contributed by atoms with van der Waals surface area (Å²) < 4.78 is 6.09. The average molecular weight is 377 g/mol. The van der Waals surface area contributed by atoms with Crippen molar-refractivity contribution in [2.75, 3.05) is 0 Å². The lowest BCUT2D eigenvalue weighted by Gasteiger charge is -2.01. The van der Waals surface area contributed by atoms with E-state index < -0.39 is 0 Å². The van der Waals surface area contributed by atoms with Gasteiger partial charge in [-0.1, -0.05) is 45.9 Å². The van der Waals surface area contributed by atoms with Gasteiger partial charge in [0.05, 0.1) is 0 Å². The monoisotopic (exact) mass is 376 g/mol. The molecule has 0 atom stereocenters. The molecule has 0 aliphatic rings. The van der Waals surface area contributed by atoms with Crippen LogP contribution in [0.1, 0.15) is 11.1 Å². The third-order valence-corrected chi connectivity index (χ3v) is 8.52. The first-order valence-corrected chi connectivity index (χ1v) is 11.7. The van der Waals surface area contributed by atoms with Gasteiger partial charge in [-0.15, -0.1) is 11.3 Å². The van der Waals surface area contributed by atoms with Gasteiger partial charge in [0.15, 0.2) is 0 Å². The largest absolute Gasteiger partial charge is 0.243 e. The van der Waals surface area contributed by atoms with E-state index in [0.717, 1.165) is 22.5 Å². The maximum absolute atomic E-state index is 4.72. The van der Waals surface area contributed by atoms with E-state index in [0.29, 0.717) is 0 Å². The second-order valence-corrected chi connectivity index (χ2v) is 10.1. The van der Waals surface area contributed by atoms with E-state index in [2.05, 4.69) is 46.0 Å². The summed E-state index contributed by atoms with van der Waals surface area (Å²) in [4.78, 5) is 0. The Bertz CT molecular complexity index is 934. The molecule has 2 heterocycles. The molecule has 0 unspecified atom stereocenters. The number of rotatable bonds is 6. The van der Waals surface area contributed by atoms with Crippen LogP contribution in [0.3, 0.4) is 0 Å². The third kappa shape index (κ3) is 3.52. The third-order valence-electron chi connectivity index (χ3n) is 3.42. The van der Waals surface area contributed by atoms with Crippen LogP contribution in [0, 0.1) is 0 Å². The molecule has 0 radical (unpaired) electrons. The average Bonchev–Trinajstić information content (AvgIpc) is 3.21. The summed E-state index contributed by atoms with van der Waals surface area (Å²) in [6.07, 6.45) is 0. The summed E-state index contributed by atoms with van der Waals surface area (Å²) in [5.41, 5.74) is 4.31. The molecule has 0 aliphatic heterocycles. The molecule has 0 aliphatic carbocycles. The molecule has 0 saturated carbocycles. The van der Waals surface area contributed by atoms with Crippen molar-refractivity contribution in [3.05, 3.63) is 59.0 Å². The minimum Gasteiger partial charge on any atom is -0.243 e. The van der Waals surface area contributed by atoms with Gasteiger partial charge in [-0.2, -0.15) is 0 Å². The number of benzene rings is 2. The van der Waals surface area contributed by atoms with Crippen molar-refractivity contribution in [2.24, 2.45) is 0 Å². The molecule has 0 saturated heterocycles. The Kier molecular flexibility index (Phi) is 4.80. The molecule has 7 heteroatoms. The summed E-state index contributed by atoms with van der Waals surface area (Å²) in [5.74, 6) is 1.98. The fourth-order valence-corrected chi connectivity index (χ4v) is 6.95. The maximum Gasteiger partial charge on any atom is 0.135 e. The second-order valence-electron chi connectivity index (χ2n) is 4.94. The summed E-state index contributed by atoms with van der Waals surface area (Å²) in [6.45, 7) is 0. The van der Waals surface area contributed by atoms with Gasteiger partial charge in [0, 0.05) is 16.2 Å². The first kappa shape index (κ1) is 15.4. The smallest absolute Gasteiger partial charge is 0.135 e. The lowest BCUT2D eigenvalue weighted by Crippen LogP contribution is -1.79. The van der Waals surface area contributed by atoms with Crippen molar-refractivity contribution in [3.63, 3.8) is 0 Å². The fourth-order valence-electron chi connectivity index (χ4n) is 2.28. The molecule has 2 aromatic carbocycles. The highest BCUT2D eigenvalue weighted by Gasteiger charge is 2.05. The van der Waals surface area contributed by atoms with Gasteiger partial charge in [-0.05, 0) is 60.2 Å². The number of fused-ring (bicyclic) bond motifs is 2. The molecule has 0 fully saturated rings. The molecule has 0 spiro atoms. The highest BCUT2D eigenvalue weighted by atomic mass is 33.5. The summed E-state index contributed by atoms with van der Waals surface area (Å²) >= 11 is 1.83. The van der Waals surface area contributed by atoms with Crippen molar-refractivity contribution < 1.29 is 4.63 Å². The fraction of sp³-hybridized carbons (Fsp3) is 0.125. The SMILES string of the molecule is c1ccc2c(CSSSCc3ccc4nonc4c3)csc2c1. The molecule has 0 N–H and O–H groups in total. The van der Waals surface area contributed by atoms with Crippen molar-refractivity contribution in [2.45, 2.75) is 11.5 Å². The highest BCUT2D eigenvalue weighted by Crippen LogP contribution is 2.40. The number of aromatic nitrogens is 2. The standard InChI is InChI=1S/C16H12N2OS4/c1-2-4-16-13(3-1)12(9-20-16)10-22-23-21-8-11-5-6-14-15(7-11)18-19-17-14/h1-7,9H,8,10H2. The number of nitrogens with zero attached hydrogens (tertiary/aromatic N) is 2. The highest BCUT2D eigenvalue weighted by molar-refractivity contribution is 9.09. The zero-order chi connectivity index (χ0) is 15.5. The zero-order valence-corrected chi connectivity index (χ0v) is 15.2. The molecule has 116 valence electrons. The second kappa shape index (κ2) is 7.17. The van der Waals surface area contributed by atoms with Crippen LogP contribution >= 0.6 is 42.8 Å². The van der Waals surface area contributed by atoms with Gasteiger partial charge in [-0.3, -0.25) is 0 Å². The van der Waals surface area contributed by atoms with Crippen molar-refractivity contribution in [3.8, 4) is 0 Å². The number of thiophene rings is 1. The Labute approximate surface area is 149 Å². The summed E-state index contributed by atoms with van der Waals surface area (Å²) in [5, 5.41) is 11.4. The molecule has 2 aromatic heterocycles. The normalized spacial score (nSPS) is 11.5. The molecule has 4 rings (SSSR count). The predicted molar refractivity (Wildman–Crippen MR) is 104 cm³/mol. The first-order valence-electron chi connectivity index (χ1n) is 6.97. The van der Waals surface area contributed by atoms with Gasteiger partial charge in [0.2, 0.25) is 0 Å². The van der Waals surface area contributed by atoms with E-state index in [1.807, 2.05) is 54.9 Å². The minimum absolute atomic E-state index is 0.810. The molecule has 4 aromatic rings. The van der Waals surface area contributed by atoms with Crippen LogP contribution in [0.4, 0.5) is 0 Å². The van der Waals surface area contributed by atoms with E-state index in [4.69, 9.17) is 4.63 Å².